The maximum atomic E-state index is 4.25. The topological polar surface area (TPSA) is 34.1 Å². The first-order valence-corrected chi connectivity index (χ1v) is 6.94. The molecular weight excluding hydrogens is 256 g/mol. The van der Waals surface area contributed by atoms with Crippen LogP contribution in [0.5, 0.6) is 0 Å². The Labute approximate surface area is 112 Å². The van der Waals surface area contributed by atoms with Crippen molar-refractivity contribution in [2.24, 2.45) is 0 Å². The molecule has 0 saturated heterocycles. The molecule has 5 heteroatoms. The minimum absolute atomic E-state index is 0.910. The standard InChI is InChI=1S/C14H9N4S/c1-2-15-5-9-7-18-13-11-6-16-3-4-17(11)8-12(13)19-14(18)10(1)9/h1-6,8H,7H2/q+1. The van der Waals surface area contributed by atoms with E-state index in [0.717, 1.165) is 6.54 Å². The van der Waals surface area contributed by atoms with Gasteiger partial charge in [-0.25, -0.2) is 0 Å². The van der Waals surface area contributed by atoms with E-state index in [2.05, 4.69) is 31.2 Å². The molecule has 0 unspecified atom stereocenters. The molecule has 0 aromatic carbocycles. The van der Waals surface area contributed by atoms with E-state index in [1.54, 1.807) is 0 Å². The van der Waals surface area contributed by atoms with Gasteiger partial charge >= 0.3 is 0 Å². The summed E-state index contributed by atoms with van der Waals surface area (Å²) in [6, 6.07) is 2.11. The molecule has 0 fully saturated rings. The maximum absolute atomic E-state index is 4.25. The van der Waals surface area contributed by atoms with Gasteiger partial charge in [-0.15, -0.1) is 0 Å². The zero-order chi connectivity index (χ0) is 12.4. The van der Waals surface area contributed by atoms with Gasteiger partial charge < -0.3 is 4.40 Å². The highest BCUT2D eigenvalue weighted by Gasteiger charge is 2.33. The van der Waals surface area contributed by atoms with Crippen LogP contribution in [0.4, 0.5) is 0 Å². The molecule has 0 radical (unpaired) electrons. The summed E-state index contributed by atoms with van der Waals surface area (Å²) >= 11 is 1.84. The minimum atomic E-state index is 0.910. The van der Waals surface area contributed by atoms with Crippen LogP contribution in [0.3, 0.4) is 0 Å². The van der Waals surface area contributed by atoms with Crippen LogP contribution in [-0.4, -0.2) is 14.4 Å². The van der Waals surface area contributed by atoms with Gasteiger partial charge in [-0.3, -0.25) is 9.97 Å². The molecule has 4 aromatic rings. The lowest BCUT2D eigenvalue weighted by Crippen LogP contribution is -2.30. The third kappa shape index (κ3) is 1.11. The Morgan fingerprint density at radius 2 is 2.16 bits per heavy atom. The molecule has 19 heavy (non-hydrogen) atoms. The Hall–Kier alpha value is -2.27. The summed E-state index contributed by atoms with van der Waals surface area (Å²) < 4.78 is 5.83. The van der Waals surface area contributed by atoms with E-state index >= 15 is 0 Å². The number of pyridine rings is 1. The van der Waals surface area contributed by atoms with Crippen LogP contribution in [0.25, 0.3) is 26.3 Å². The van der Waals surface area contributed by atoms with Crippen molar-refractivity contribution in [2.45, 2.75) is 6.54 Å². The van der Waals surface area contributed by atoms with Gasteiger partial charge in [0.1, 0.15) is 10.2 Å². The van der Waals surface area contributed by atoms with Crippen molar-refractivity contribution in [1.29, 1.82) is 0 Å². The fraction of sp³-hybridized carbons (Fsp3) is 0.0714. The van der Waals surface area contributed by atoms with E-state index in [1.807, 2.05) is 42.3 Å². The van der Waals surface area contributed by atoms with Crippen molar-refractivity contribution < 1.29 is 4.57 Å². The zero-order valence-electron chi connectivity index (χ0n) is 9.95. The first-order chi connectivity index (χ1) is 9.42. The molecule has 1 aliphatic rings. The molecule has 0 saturated carbocycles. The van der Waals surface area contributed by atoms with Crippen molar-refractivity contribution in [1.82, 2.24) is 14.4 Å². The monoisotopic (exact) mass is 265 g/mol. The second kappa shape index (κ2) is 3.19. The molecule has 90 valence electrons. The van der Waals surface area contributed by atoms with Crippen molar-refractivity contribution >= 4 is 27.1 Å². The summed E-state index contributed by atoms with van der Waals surface area (Å²) in [5.74, 6) is 0. The predicted octanol–water partition coefficient (Wildman–Crippen LogP) is 2.26. The fourth-order valence-corrected chi connectivity index (χ4v) is 4.13. The third-order valence-electron chi connectivity index (χ3n) is 3.70. The Balaban J connectivity index is 1.94. The molecule has 0 aliphatic carbocycles. The van der Waals surface area contributed by atoms with Gasteiger partial charge in [0.05, 0.1) is 11.8 Å². The van der Waals surface area contributed by atoms with E-state index in [1.165, 1.54) is 31.9 Å². The van der Waals surface area contributed by atoms with Crippen molar-refractivity contribution in [2.75, 3.05) is 0 Å². The number of hydrogen-bond acceptors (Lipinski definition) is 3. The van der Waals surface area contributed by atoms with Crippen LogP contribution >= 0.6 is 11.3 Å². The highest BCUT2D eigenvalue weighted by molar-refractivity contribution is 7.21. The second-order valence-electron chi connectivity index (χ2n) is 4.74. The summed E-state index contributed by atoms with van der Waals surface area (Å²) in [6.45, 7) is 0.910. The van der Waals surface area contributed by atoms with E-state index in [4.69, 9.17) is 0 Å². The lowest BCUT2D eigenvalue weighted by molar-refractivity contribution is -0.641. The fourth-order valence-electron chi connectivity index (χ4n) is 2.87. The van der Waals surface area contributed by atoms with E-state index in [9.17, 15) is 0 Å². The lowest BCUT2D eigenvalue weighted by atomic mass is 10.2. The molecular formula is C14H9N4S+. The molecule has 0 amide bonds. The van der Waals surface area contributed by atoms with Crippen molar-refractivity contribution in [3.8, 4) is 10.6 Å². The van der Waals surface area contributed by atoms with Crippen LogP contribution in [0.2, 0.25) is 0 Å². The molecule has 0 bridgehead atoms. The summed E-state index contributed by atoms with van der Waals surface area (Å²) in [6.07, 6.45) is 11.8. The maximum Gasteiger partial charge on any atom is 0.271 e. The Bertz CT molecular complexity index is 951. The summed E-state index contributed by atoms with van der Waals surface area (Å²) in [5.41, 5.74) is 5.07. The van der Waals surface area contributed by atoms with Crippen LogP contribution in [-0.2, 0) is 6.54 Å². The number of fused-ring (bicyclic) bond motifs is 7. The summed E-state index contributed by atoms with van der Waals surface area (Å²) in [5, 5.41) is 1.33. The number of aromatic nitrogens is 4. The molecule has 5 heterocycles. The molecule has 0 N–H and O–H groups in total. The molecule has 5 rings (SSSR count). The number of nitrogens with zero attached hydrogens (tertiary/aromatic N) is 4. The van der Waals surface area contributed by atoms with Crippen LogP contribution in [0.15, 0.2) is 43.2 Å². The van der Waals surface area contributed by atoms with E-state index < -0.39 is 0 Å². The smallest absolute Gasteiger partial charge is 0.271 e. The van der Waals surface area contributed by atoms with Crippen molar-refractivity contribution in [3.63, 3.8) is 0 Å². The highest BCUT2D eigenvalue weighted by atomic mass is 32.1. The van der Waals surface area contributed by atoms with Crippen molar-refractivity contribution in [3.05, 3.63) is 48.8 Å². The van der Waals surface area contributed by atoms with Crippen LogP contribution < -0.4 is 4.57 Å². The zero-order valence-corrected chi connectivity index (χ0v) is 10.8. The van der Waals surface area contributed by atoms with Gasteiger partial charge in [0.2, 0.25) is 0 Å². The number of thiazole rings is 1. The Morgan fingerprint density at radius 1 is 1.21 bits per heavy atom. The van der Waals surface area contributed by atoms with Crippen LogP contribution in [0, 0.1) is 0 Å². The molecule has 4 nitrogen and oxygen atoms in total. The van der Waals surface area contributed by atoms with Gasteiger partial charge in [0.25, 0.3) is 10.5 Å². The first-order valence-electron chi connectivity index (χ1n) is 6.12. The largest absolute Gasteiger partial charge is 0.314 e. The summed E-state index contributed by atoms with van der Waals surface area (Å²) in [7, 11) is 0. The second-order valence-corrected chi connectivity index (χ2v) is 5.77. The van der Waals surface area contributed by atoms with Gasteiger partial charge in [0, 0.05) is 36.5 Å². The SMILES string of the molecule is c1cc2c(cn1)C[n+]1c-2sc2cn3ccncc3c21. The first kappa shape index (κ1) is 9.63. The Morgan fingerprint density at radius 3 is 3.16 bits per heavy atom. The lowest BCUT2D eigenvalue weighted by Gasteiger charge is -1.90. The predicted molar refractivity (Wildman–Crippen MR) is 73.1 cm³/mol. The van der Waals surface area contributed by atoms with Gasteiger partial charge in [-0.1, -0.05) is 11.3 Å². The average Bonchev–Trinajstić information content (AvgIpc) is 3.05. The Kier molecular flexibility index (Phi) is 1.62. The van der Waals surface area contributed by atoms with Crippen LogP contribution in [0.1, 0.15) is 5.56 Å². The van der Waals surface area contributed by atoms with Gasteiger partial charge in [-0.05, 0) is 6.07 Å². The average molecular weight is 265 g/mol. The van der Waals surface area contributed by atoms with E-state index in [-0.39, 0.29) is 0 Å². The van der Waals surface area contributed by atoms with Gasteiger partial charge in [0.15, 0.2) is 6.54 Å². The summed E-state index contributed by atoms with van der Waals surface area (Å²) in [4.78, 5) is 8.47. The minimum Gasteiger partial charge on any atom is -0.314 e. The van der Waals surface area contributed by atoms with E-state index in [0.29, 0.717) is 0 Å². The molecule has 0 atom stereocenters. The quantitative estimate of drug-likeness (QED) is 0.402. The molecule has 0 spiro atoms. The number of rotatable bonds is 0. The number of hydrogen-bond donors (Lipinski definition) is 0. The molecule has 4 aromatic heterocycles. The molecule has 1 aliphatic heterocycles. The highest BCUT2D eigenvalue weighted by Crippen LogP contribution is 2.36. The third-order valence-corrected chi connectivity index (χ3v) is 4.86. The van der Waals surface area contributed by atoms with Gasteiger partial charge in [-0.2, -0.15) is 4.57 Å². The normalized spacial score (nSPS) is 13.1.